The number of hydrogen-bond acceptors (Lipinski definition) is 1. The Morgan fingerprint density at radius 1 is 1.33 bits per heavy atom. The van der Waals surface area contributed by atoms with Gasteiger partial charge in [-0.05, 0) is 37.6 Å². The van der Waals surface area contributed by atoms with E-state index >= 15 is 0 Å². The lowest BCUT2D eigenvalue weighted by Gasteiger charge is -2.32. The summed E-state index contributed by atoms with van der Waals surface area (Å²) in [6.45, 7) is 5.78. The van der Waals surface area contributed by atoms with E-state index in [2.05, 4.69) is 19.2 Å². The van der Waals surface area contributed by atoms with Crippen LogP contribution in [0.2, 0.25) is 0 Å². The van der Waals surface area contributed by atoms with Crippen molar-refractivity contribution in [2.75, 3.05) is 12.4 Å². The molecule has 0 bridgehead atoms. The summed E-state index contributed by atoms with van der Waals surface area (Å²) in [5, 5.41) is 3.72. The SMILES string of the molecule is CCCC(C)CNC1CCCCC1CCl. The predicted molar refractivity (Wildman–Crippen MR) is 68.5 cm³/mol. The lowest BCUT2D eigenvalue weighted by atomic mass is 9.85. The molecule has 15 heavy (non-hydrogen) atoms. The molecule has 1 rings (SSSR count). The van der Waals surface area contributed by atoms with Crippen molar-refractivity contribution in [3.05, 3.63) is 0 Å². The molecule has 3 unspecified atom stereocenters. The monoisotopic (exact) mass is 231 g/mol. The average molecular weight is 232 g/mol. The average Bonchev–Trinajstić information content (AvgIpc) is 2.27. The third-order valence-electron chi connectivity index (χ3n) is 3.62. The summed E-state index contributed by atoms with van der Waals surface area (Å²) in [7, 11) is 0. The summed E-state index contributed by atoms with van der Waals surface area (Å²) in [6, 6.07) is 0.690. The number of halogens is 1. The van der Waals surface area contributed by atoms with Gasteiger partial charge in [0.15, 0.2) is 0 Å². The minimum atomic E-state index is 0.690. The fourth-order valence-electron chi connectivity index (χ4n) is 2.61. The van der Waals surface area contributed by atoms with Crippen LogP contribution in [0.1, 0.15) is 52.4 Å². The normalized spacial score (nSPS) is 29.0. The fourth-order valence-corrected chi connectivity index (χ4v) is 2.98. The molecule has 0 saturated heterocycles. The van der Waals surface area contributed by atoms with Crippen molar-refractivity contribution in [2.45, 2.75) is 58.4 Å². The zero-order valence-electron chi connectivity index (χ0n) is 10.3. The second-order valence-corrected chi connectivity index (χ2v) is 5.42. The molecule has 0 aromatic rings. The Hall–Kier alpha value is 0.250. The van der Waals surface area contributed by atoms with Gasteiger partial charge in [0, 0.05) is 11.9 Å². The molecule has 0 amide bonds. The first-order valence-electron chi connectivity index (χ1n) is 6.57. The van der Waals surface area contributed by atoms with Gasteiger partial charge in [-0.2, -0.15) is 0 Å². The second kappa shape index (κ2) is 7.51. The van der Waals surface area contributed by atoms with Gasteiger partial charge in [-0.1, -0.05) is 33.1 Å². The largest absolute Gasteiger partial charge is 0.313 e. The van der Waals surface area contributed by atoms with Crippen molar-refractivity contribution in [3.63, 3.8) is 0 Å². The summed E-state index contributed by atoms with van der Waals surface area (Å²) in [5.74, 6) is 2.36. The van der Waals surface area contributed by atoms with Crippen molar-refractivity contribution in [1.29, 1.82) is 0 Å². The van der Waals surface area contributed by atoms with Crippen molar-refractivity contribution in [1.82, 2.24) is 5.32 Å². The van der Waals surface area contributed by atoms with Gasteiger partial charge >= 0.3 is 0 Å². The van der Waals surface area contributed by atoms with E-state index in [-0.39, 0.29) is 0 Å². The summed E-state index contributed by atoms with van der Waals surface area (Å²) in [6.07, 6.45) is 8.05. The summed E-state index contributed by atoms with van der Waals surface area (Å²) >= 11 is 6.01. The lowest BCUT2D eigenvalue weighted by molar-refractivity contribution is 0.271. The van der Waals surface area contributed by atoms with Gasteiger partial charge < -0.3 is 5.32 Å². The first-order valence-corrected chi connectivity index (χ1v) is 7.10. The van der Waals surface area contributed by atoms with Crippen LogP contribution < -0.4 is 5.32 Å². The maximum Gasteiger partial charge on any atom is 0.0266 e. The minimum Gasteiger partial charge on any atom is -0.313 e. The van der Waals surface area contributed by atoms with Crippen molar-refractivity contribution >= 4 is 11.6 Å². The third kappa shape index (κ3) is 4.74. The van der Waals surface area contributed by atoms with E-state index in [1.54, 1.807) is 0 Å². The van der Waals surface area contributed by atoms with Crippen LogP contribution in [0.15, 0.2) is 0 Å². The molecular formula is C13H26ClN. The Morgan fingerprint density at radius 3 is 2.73 bits per heavy atom. The fraction of sp³-hybridized carbons (Fsp3) is 1.00. The highest BCUT2D eigenvalue weighted by molar-refractivity contribution is 6.18. The molecule has 1 saturated carbocycles. The van der Waals surface area contributed by atoms with Gasteiger partial charge in [0.2, 0.25) is 0 Å². The van der Waals surface area contributed by atoms with Crippen molar-refractivity contribution in [2.24, 2.45) is 11.8 Å². The van der Waals surface area contributed by atoms with E-state index in [9.17, 15) is 0 Å². The van der Waals surface area contributed by atoms with E-state index in [0.29, 0.717) is 12.0 Å². The van der Waals surface area contributed by atoms with Crippen LogP contribution in [0.3, 0.4) is 0 Å². The molecule has 1 N–H and O–H groups in total. The molecule has 1 nitrogen and oxygen atoms in total. The van der Waals surface area contributed by atoms with Crippen molar-refractivity contribution in [3.8, 4) is 0 Å². The Bertz CT molecular complexity index is 161. The Morgan fingerprint density at radius 2 is 2.07 bits per heavy atom. The van der Waals surface area contributed by atoms with Crippen LogP contribution in [0.4, 0.5) is 0 Å². The highest BCUT2D eigenvalue weighted by atomic mass is 35.5. The molecule has 1 fully saturated rings. The van der Waals surface area contributed by atoms with Crippen LogP contribution >= 0.6 is 11.6 Å². The first-order chi connectivity index (χ1) is 7.27. The predicted octanol–water partition coefficient (Wildman–Crippen LogP) is 3.81. The maximum absolute atomic E-state index is 6.01. The Kier molecular flexibility index (Phi) is 6.67. The summed E-state index contributed by atoms with van der Waals surface area (Å²) < 4.78 is 0. The number of rotatable bonds is 6. The molecular weight excluding hydrogens is 206 g/mol. The highest BCUT2D eigenvalue weighted by Gasteiger charge is 2.23. The number of nitrogens with one attached hydrogen (secondary N) is 1. The topological polar surface area (TPSA) is 12.0 Å². The standard InChI is InChI=1S/C13H26ClN/c1-3-6-11(2)10-15-13-8-5-4-7-12(13)9-14/h11-13,15H,3-10H2,1-2H3. The molecule has 90 valence electrons. The van der Waals surface area contributed by atoms with Crippen LogP contribution in [-0.4, -0.2) is 18.5 Å². The second-order valence-electron chi connectivity index (χ2n) is 5.11. The molecule has 0 aromatic carbocycles. The van der Waals surface area contributed by atoms with Crippen LogP contribution in [-0.2, 0) is 0 Å². The Balaban J connectivity index is 2.22. The van der Waals surface area contributed by atoms with E-state index < -0.39 is 0 Å². The molecule has 0 aliphatic heterocycles. The van der Waals surface area contributed by atoms with Gasteiger partial charge in [0.1, 0.15) is 0 Å². The van der Waals surface area contributed by atoms with Gasteiger partial charge in [0.25, 0.3) is 0 Å². The van der Waals surface area contributed by atoms with Gasteiger partial charge in [-0.3, -0.25) is 0 Å². The first kappa shape index (κ1) is 13.3. The van der Waals surface area contributed by atoms with E-state index in [0.717, 1.165) is 11.8 Å². The zero-order valence-corrected chi connectivity index (χ0v) is 11.0. The minimum absolute atomic E-state index is 0.690. The van der Waals surface area contributed by atoms with Crippen molar-refractivity contribution < 1.29 is 0 Å². The maximum atomic E-state index is 6.01. The molecule has 0 aromatic heterocycles. The van der Waals surface area contributed by atoms with Crippen LogP contribution in [0.5, 0.6) is 0 Å². The van der Waals surface area contributed by atoms with Gasteiger partial charge in [-0.15, -0.1) is 11.6 Å². The third-order valence-corrected chi connectivity index (χ3v) is 4.01. The van der Waals surface area contributed by atoms with E-state index in [4.69, 9.17) is 11.6 Å². The summed E-state index contributed by atoms with van der Waals surface area (Å²) in [5.41, 5.74) is 0. The number of alkyl halides is 1. The van der Waals surface area contributed by atoms with E-state index in [1.165, 1.54) is 45.1 Å². The lowest BCUT2D eigenvalue weighted by Crippen LogP contribution is -2.41. The zero-order chi connectivity index (χ0) is 11.1. The molecule has 0 heterocycles. The highest BCUT2D eigenvalue weighted by Crippen LogP contribution is 2.25. The molecule has 1 aliphatic rings. The summed E-state index contributed by atoms with van der Waals surface area (Å²) in [4.78, 5) is 0. The molecule has 3 atom stereocenters. The van der Waals surface area contributed by atoms with Gasteiger partial charge in [0.05, 0.1) is 0 Å². The molecule has 1 aliphatic carbocycles. The molecule has 0 radical (unpaired) electrons. The quantitative estimate of drug-likeness (QED) is 0.686. The van der Waals surface area contributed by atoms with Crippen LogP contribution in [0, 0.1) is 11.8 Å². The van der Waals surface area contributed by atoms with E-state index in [1.807, 2.05) is 0 Å². The molecule has 2 heteroatoms. The smallest absolute Gasteiger partial charge is 0.0266 e. The van der Waals surface area contributed by atoms with Crippen LogP contribution in [0.25, 0.3) is 0 Å². The molecule has 0 spiro atoms. The van der Waals surface area contributed by atoms with Gasteiger partial charge in [-0.25, -0.2) is 0 Å². The number of hydrogen-bond donors (Lipinski definition) is 1. The Labute approximate surface area is 100.0 Å².